The Morgan fingerprint density at radius 1 is 1.17 bits per heavy atom. The van der Waals surface area contributed by atoms with Gasteiger partial charge in [0.15, 0.2) is 0 Å². The molecule has 18 heavy (non-hydrogen) atoms. The van der Waals surface area contributed by atoms with E-state index in [9.17, 15) is 4.79 Å². The Balaban J connectivity index is 1.93. The van der Waals surface area contributed by atoms with Crippen LogP contribution in [0, 0.1) is 29.6 Å². The summed E-state index contributed by atoms with van der Waals surface area (Å²) in [5.74, 6) is 3.72. The van der Waals surface area contributed by atoms with Crippen molar-refractivity contribution in [2.75, 3.05) is 7.05 Å². The number of rotatable bonds is 4. The SMILES string of the molecule is CCC(NC)(C(N)=O)C1C2CC3CC(C2)CC1C3. The van der Waals surface area contributed by atoms with Gasteiger partial charge in [0.2, 0.25) is 5.91 Å². The Morgan fingerprint density at radius 3 is 2.00 bits per heavy atom. The average molecular weight is 250 g/mol. The molecule has 0 aliphatic heterocycles. The van der Waals surface area contributed by atoms with E-state index in [1.54, 1.807) is 0 Å². The van der Waals surface area contributed by atoms with Crippen LogP contribution >= 0.6 is 0 Å². The van der Waals surface area contributed by atoms with Crippen molar-refractivity contribution in [3.63, 3.8) is 0 Å². The van der Waals surface area contributed by atoms with E-state index < -0.39 is 5.54 Å². The van der Waals surface area contributed by atoms with Crippen LogP contribution in [0.3, 0.4) is 0 Å². The van der Waals surface area contributed by atoms with Crippen LogP contribution in [0.25, 0.3) is 0 Å². The summed E-state index contributed by atoms with van der Waals surface area (Å²) in [6.07, 6.45) is 7.65. The fourth-order valence-corrected chi connectivity index (χ4v) is 5.77. The molecule has 4 rings (SSSR count). The molecule has 0 aromatic heterocycles. The van der Waals surface area contributed by atoms with Crippen molar-refractivity contribution >= 4 is 5.91 Å². The Morgan fingerprint density at radius 2 is 1.67 bits per heavy atom. The maximum absolute atomic E-state index is 12.1. The van der Waals surface area contributed by atoms with Gasteiger partial charge in [0.25, 0.3) is 0 Å². The van der Waals surface area contributed by atoms with Crippen LogP contribution in [0.4, 0.5) is 0 Å². The zero-order valence-electron chi connectivity index (χ0n) is 11.6. The lowest BCUT2D eigenvalue weighted by Gasteiger charge is -2.59. The van der Waals surface area contributed by atoms with E-state index in [4.69, 9.17) is 5.73 Å². The van der Waals surface area contributed by atoms with Crippen LogP contribution in [0.2, 0.25) is 0 Å². The van der Waals surface area contributed by atoms with Crippen LogP contribution in [0.1, 0.15) is 45.4 Å². The minimum absolute atomic E-state index is 0.134. The average Bonchev–Trinajstić information content (AvgIpc) is 2.32. The van der Waals surface area contributed by atoms with E-state index in [0.29, 0.717) is 5.92 Å². The number of hydrogen-bond donors (Lipinski definition) is 2. The van der Waals surface area contributed by atoms with E-state index >= 15 is 0 Å². The van der Waals surface area contributed by atoms with Gasteiger partial charge in [-0.25, -0.2) is 0 Å². The quantitative estimate of drug-likeness (QED) is 0.801. The highest BCUT2D eigenvalue weighted by Gasteiger charge is 2.56. The topological polar surface area (TPSA) is 55.1 Å². The first-order valence-corrected chi connectivity index (χ1v) is 7.59. The van der Waals surface area contributed by atoms with Crippen LogP contribution in [0.15, 0.2) is 0 Å². The molecule has 4 aliphatic carbocycles. The molecule has 4 fully saturated rings. The maximum Gasteiger partial charge on any atom is 0.238 e. The fourth-order valence-electron chi connectivity index (χ4n) is 5.77. The van der Waals surface area contributed by atoms with E-state index in [1.807, 2.05) is 7.05 Å². The number of nitrogens with two attached hydrogens (primary N) is 1. The van der Waals surface area contributed by atoms with Gasteiger partial charge in [0.1, 0.15) is 5.54 Å². The van der Waals surface area contributed by atoms with Gasteiger partial charge in [0, 0.05) is 0 Å². The number of primary amides is 1. The molecule has 1 amide bonds. The first-order chi connectivity index (χ1) is 8.60. The number of carbonyl (C=O) groups excluding carboxylic acids is 1. The molecule has 0 spiro atoms. The van der Waals surface area contributed by atoms with Crippen LogP contribution in [-0.2, 0) is 4.79 Å². The van der Waals surface area contributed by atoms with E-state index in [2.05, 4.69) is 12.2 Å². The lowest BCUT2D eigenvalue weighted by molar-refractivity contribution is -0.137. The van der Waals surface area contributed by atoms with Crippen molar-refractivity contribution in [2.45, 2.75) is 51.0 Å². The molecule has 1 unspecified atom stereocenters. The van der Waals surface area contributed by atoms with Crippen molar-refractivity contribution in [2.24, 2.45) is 35.3 Å². The van der Waals surface area contributed by atoms with Crippen molar-refractivity contribution in [1.82, 2.24) is 5.32 Å². The van der Waals surface area contributed by atoms with Gasteiger partial charge in [-0.1, -0.05) is 6.92 Å². The molecule has 3 N–H and O–H groups in total. The Labute approximate surface area is 110 Å². The lowest BCUT2D eigenvalue weighted by Crippen LogP contribution is -2.65. The maximum atomic E-state index is 12.1. The highest BCUT2D eigenvalue weighted by Crippen LogP contribution is 2.59. The van der Waals surface area contributed by atoms with Crippen molar-refractivity contribution in [3.05, 3.63) is 0 Å². The molecule has 0 aromatic rings. The molecule has 0 aromatic carbocycles. The first kappa shape index (κ1) is 12.5. The summed E-state index contributed by atoms with van der Waals surface area (Å²) in [6.45, 7) is 2.10. The summed E-state index contributed by atoms with van der Waals surface area (Å²) in [4.78, 5) is 12.1. The highest BCUT2D eigenvalue weighted by molar-refractivity contribution is 5.85. The van der Waals surface area contributed by atoms with Gasteiger partial charge in [-0.2, -0.15) is 0 Å². The van der Waals surface area contributed by atoms with E-state index in [1.165, 1.54) is 32.1 Å². The second-order valence-corrected chi connectivity index (χ2v) is 6.90. The van der Waals surface area contributed by atoms with Crippen molar-refractivity contribution in [1.29, 1.82) is 0 Å². The minimum Gasteiger partial charge on any atom is -0.368 e. The Kier molecular flexibility index (Phi) is 2.92. The van der Waals surface area contributed by atoms with Crippen LogP contribution < -0.4 is 11.1 Å². The molecule has 1 atom stereocenters. The zero-order chi connectivity index (χ0) is 12.9. The summed E-state index contributed by atoms with van der Waals surface area (Å²) in [5, 5.41) is 3.32. The monoisotopic (exact) mass is 250 g/mol. The molecule has 3 nitrogen and oxygen atoms in total. The second kappa shape index (κ2) is 4.22. The third-order valence-corrected chi connectivity index (χ3v) is 6.24. The summed E-state index contributed by atoms with van der Waals surface area (Å²) in [5.41, 5.74) is 5.32. The summed E-state index contributed by atoms with van der Waals surface area (Å²) in [6, 6.07) is 0. The first-order valence-electron chi connectivity index (χ1n) is 7.59. The molecule has 4 bridgehead atoms. The highest BCUT2D eigenvalue weighted by atomic mass is 16.1. The number of hydrogen-bond acceptors (Lipinski definition) is 2. The normalized spacial score (nSPS) is 44.9. The number of amides is 1. The molecule has 4 aliphatic rings. The van der Waals surface area contributed by atoms with Crippen molar-refractivity contribution in [3.8, 4) is 0 Å². The molecule has 0 heterocycles. The number of nitrogens with one attached hydrogen (secondary N) is 1. The molecule has 0 radical (unpaired) electrons. The minimum atomic E-state index is -0.456. The molecule has 3 heteroatoms. The molecule has 0 saturated heterocycles. The summed E-state index contributed by atoms with van der Waals surface area (Å²) >= 11 is 0. The standard InChI is InChI=1S/C15H26N2O/c1-3-15(17-2,14(16)18)13-11-5-9-4-10(7-11)8-12(13)6-9/h9-13,17H,3-8H2,1-2H3,(H2,16,18). The van der Waals surface area contributed by atoms with E-state index in [-0.39, 0.29) is 5.91 Å². The third-order valence-electron chi connectivity index (χ3n) is 6.24. The molecule has 102 valence electrons. The van der Waals surface area contributed by atoms with Crippen LogP contribution in [0.5, 0.6) is 0 Å². The van der Waals surface area contributed by atoms with Gasteiger partial charge in [-0.15, -0.1) is 0 Å². The molecular formula is C15H26N2O. The fraction of sp³-hybridized carbons (Fsp3) is 0.933. The summed E-state index contributed by atoms with van der Waals surface area (Å²) in [7, 11) is 1.92. The lowest BCUT2D eigenvalue weighted by atomic mass is 9.48. The smallest absolute Gasteiger partial charge is 0.238 e. The second-order valence-electron chi connectivity index (χ2n) is 6.90. The third kappa shape index (κ3) is 1.56. The largest absolute Gasteiger partial charge is 0.368 e. The summed E-state index contributed by atoms with van der Waals surface area (Å²) < 4.78 is 0. The van der Waals surface area contributed by atoms with Crippen LogP contribution in [-0.4, -0.2) is 18.5 Å². The van der Waals surface area contributed by atoms with Gasteiger partial charge in [-0.05, 0) is 75.2 Å². The van der Waals surface area contributed by atoms with Crippen molar-refractivity contribution < 1.29 is 4.79 Å². The van der Waals surface area contributed by atoms with E-state index in [0.717, 1.165) is 30.1 Å². The van der Waals surface area contributed by atoms with Gasteiger partial charge >= 0.3 is 0 Å². The van der Waals surface area contributed by atoms with Gasteiger partial charge in [0.05, 0.1) is 0 Å². The Hall–Kier alpha value is -0.570. The number of likely N-dealkylation sites (N-methyl/N-ethyl adjacent to an activating group) is 1. The predicted molar refractivity (Wildman–Crippen MR) is 71.8 cm³/mol. The Bertz CT molecular complexity index is 320. The number of carbonyl (C=O) groups is 1. The predicted octanol–water partition coefficient (Wildman–Crippen LogP) is 1.91. The van der Waals surface area contributed by atoms with Gasteiger partial charge < -0.3 is 11.1 Å². The zero-order valence-corrected chi connectivity index (χ0v) is 11.6. The molecule has 4 saturated carbocycles. The molecular weight excluding hydrogens is 224 g/mol. The van der Waals surface area contributed by atoms with Gasteiger partial charge in [-0.3, -0.25) is 4.79 Å².